The summed E-state index contributed by atoms with van der Waals surface area (Å²) in [6.07, 6.45) is 7.88. The number of hydrogen-bond acceptors (Lipinski definition) is 2. The summed E-state index contributed by atoms with van der Waals surface area (Å²) in [5, 5.41) is 10.5. The molecule has 1 saturated heterocycles. The number of fused-ring (bicyclic) bond motifs is 2. The molecule has 0 aromatic heterocycles. The highest BCUT2D eigenvalue weighted by Gasteiger charge is 2.44. The molecule has 2 nitrogen and oxygen atoms in total. The lowest BCUT2D eigenvalue weighted by molar-refractivity contribution is 0.0178. The van der Waals surface area contributed by atoms with Crippen molar-refractivity contribution in [3.8, 4) is 0 Å². The third-order valence-electron chi connectivity index (χ3n) is 5.05. The van der Waals surface area contributed by atoms with Gasteiger partial charge in [-0.25, -0.2) is 0 Å². The maximum atomic E-state index is 10.5. The van der Waals surface area contributed by atoms with Crippen molar-refractivity contribution in [3.63, 3.8) is 0 Å². The molecule has 4 atom stereocenters. The molecule has 4 unspecified atom stereocenters. The molecule has 0 aromatic carbocycles. The van der Waals surface area contributed by atoms with Crippen LogP contribution < -0.4 is 0 Å². The van der Waals surface area contributed by atoms with Gasteiger partial charge in [0.2, 0.25) is 0 Å². The van der Waals surface area contributed by atoms with Crippen molar-refractivity contribution in [2.75, 3.05) is 20.1 Å². The van der Waals surface area contributed by atoms with Crippen LogP contribution in [0.3, 0.4) is 0 Å². The lowest BCUT2D eigenvalue weighted by Crippen LogP contribution is -2.35. The lowest BCUT2D eigenvalue weighted by Gasteiger charge is -2.30. The molecule has 0 aromatic rings. The summed E-state index contributed by atoms with van der Waals surface area (Å²) in [4.78, 5) is 2.27. The normalized spacial score (nSPS) is 50.4. The third kappa shape index (κ3) is 1.83. The smallest absolute Gasteiger partial charge is 0.0788 e. The summed E-state index contributed by atoms with van der Waals surface area (Å²) in [6.45, 7) is 1.98. The van der Waals surface area contributed by atoms with Crippen LogP contribution in [0.4, 0.5) is 0 Å². The molecule has 0 amide bonds. The average Bonchev–Trinajstić information content (AvgIpc) is 2.82. The molecule has 1 heterocycles. The number of likely N-dealkylation sites (N-methyl/N-ethyl adjacent to an activating group) is 1. The first-order valence-electron chi connectivity index (χ1n) is 6.56. The van der Waals surface area contributed by atoms with Gasteiger partial charge in [-0.2, -0.15) is 0 Å². The predicted molar refractivity (Wildman–Crippen MR) is 60.6 cm³/mol. The fourth-order valence-corrected chi connectivity index (χ4v) is 4.34. The van der Waals surface area contributed by atoms with Gasteiger partial charge in [0.05, 0.1) is 5.60 Å². The first-order chi connectivity index (χ1) is 7.15. The molecule has 15 heavy (non-hydrogen) atoms. The van der Waals surface area contributed by atoms with Crippen LogP contribution in [-0.4, -0.2) is 35.7 Å². The van der Waals surface area contributed by atoms with E-state index >= 15 is 0 Å². The van der Waals surface area contributed by atoms with Gasteiger partial charge in [0.1, 0.15) is 0 Å². The minimum Gasteiger partial charge on any atom is -0.388 e. The molecule has 86 valence electrons. The Labute approximate surface area is 92.7 Å². The minimum absolute atomic E-state index is 0.343. The topological polar surface area (TPSA) is 23.5 Å². The Morgan fingerprint density at radius 2 is 2.20 bits per heavy atom. The first kappa shape index (κ1) is 10.1. The van der Waals surface area contributed by atoms with Crippen LogP contribution in [0.1, 0.15) is 38.5 Å². The van der Waals surface area contributed by atoms with E-state index in [9.17, 15) is 5.11 Å². The molecule has 3 fully saturated rings. The second-order valence-electron chi connectivity index (χ2n) is 6.35. The zero-order valence-corrected chi connectivity index (χ0v) is 9.78. The number of likely N-dealkylation sites (tertiary alicyclic amines) is 1. The molecule has 0 spiro atoms. The molecular formula is C13H23NO. The van der Waals surface area contributed by atoms with E-state index < -0.39 is 0 Å². The molecule has 0 radical (unpaired) electrons. The fraction of sp³-hybridized carbons (Fsp3) is 1.00. The monoisotopic (exact) mass is 209 g/mol. The Kier molecular flexibility index (Phi) is 2.33. The Morgan fingerprint density at radius 1 is 1.33 bits per heavy atom. The summed E-state index contributed by atoms with van der Waals surface area (Å²) in [7, 11) is 2.12. The molecule has 2 aliphatic carbocycles. The summed E-state index contributed by atoms with van der Waals surface area (Å²) in [5.41, 5.74) is -0.343. The van der Waals surface area contributed by atoms with E-state index in [0.29, 0.717) is 0 Å². The molecule has 2 saturated carbocycles. The Bertz CT molecular complexity index is 255. The second-order valence-corrected chi connectivity index (χ2v) is 6.35. The van der Waals surface area contributed by atoms with E-state index in [4.69, 9.17) is 0 Å². The van der Waals surface area contributed by atoms with E-state index in [1.54, 1.807) is 0 Å². The maximum absolute atomic E-state index is 10.5. The zero-order chi connectivity index (χ0) is 10.5. The van der Waals surface area contributed by atoms with Crippen LogP contribution in [0.25, 0.3) is 0 Å². The van der Waals surface area contributed by atoms with Gasteiger partial charge in [-0.15, -0.1) is 0 Å². The van der Waals surface area contributed by atoms with Gasteiger partial charge in [0.15, 0.2) is 0 Å². The Hall–Kier alpha value is -0.0800. The number of hydrogen-bond donors (Lipinski definition) is 1. The highest BCUT2D eigenvalue weighted by molar-refractivity contribution is 4.97. The van der Waals surface area contributed by atoms with Crippen molar-refractivity contribution in [2.24, 2.45) is 17.8 Å². The quantitative estimate of drug-likeness (QED) is 0.750. The van der Waals surface area contributed by atoms with E-state index in [0.717, 1.165) is 43.7 Å². The Morgan fingerprint density at radius 3 is 2.73 bits per heavy atom. The van der Waals surface area contributed by atoms with Crippen LogP contribution in [0.2, 0.25) is 0 Å². The molecule has 2 bridgehead atoms. The molecule has 2 heteroatoms. The molecular weight excluding hydrogens is 186 g/mol. The average molecular weight is 209 g/mol. The van der Waals surface area contributed by atoms with E-state index in [1.807, 2.05) is 0 Å². The van der Waals surface area contributed by atoms with E-state index in [-0.39, 0.29) is 5.60 Å². The van der Waals surface area contributed by atoms with Gasteiger partial charge in [0.25, 0.3) is 0 Å². The van der Waals surface area contributed by atoms with Crippen molar-refractivity contribution in [2.45, 2.75) is 44.1 Å². The van der Waals surface area contributed by atoms with E-state index in [1.165, 1.54) is 25.7 Å². The summed E-state index contributed by atoms with van der Waals surface area (Å²) in [6, 6.07) is 0. The van der Waals surface area contributed by atoms with Crippen LogP contribution in [-0.2, 0) is 0 Å². The maximum Gasteiger partial charge on any atom is 0.0788 e. The molecule has 3 aliphatic rings. The molecule has 3 rings (SSSR count). The van der Waals surface area contributed by atoms with Gasteiger partial charge in [-0.1, -0.05) is 6.42 Å². The zero-order valence-electron chi connectivity index (χ0n) is 9.78. The molecule has 1 N–H and O–H groups in total. The van der Waals surface area contributed by atoms with Crippen molar-refractivity contribution in [1.82, 2.24) is 4.90 Å². The van der Waals surface area contributed by atoms with Crippen molar-refractivity contribution >= 4 is 0 Å². The van der Waals surface area contributed by atoms with E-state index in [2.05, 4.69) is 11.9 Å². The number of aliphatic hydroxyl groups is 1. The van der Waals surface area contributed by atoms with Crippen LogP contribution in [0, 0.1) is 17.8 Å². The van der Waals surface area contributed by atoms with Gasteiger partial charge in [0, 0.05) is 13.1 Å². The summed E-state index contributed by atoms with van der Waals surface area (Å²) < 4.78 is 0. The lowest BCUT2D eigenvalue weighted by atomic mass is 9.80. The van der Waals surface area contributed by atoms with Crippen molar-refractivity contribution in [1.29, 1.82) is 0 Å². The van der Waals surface area contributed by atoms with Crippen molar-refractivity contribution in [3.05, 3.63) is 0 Å². The highest BCUT2D eigenvalue weighted by Crippen LogP contribution is 2.51. The Balaban J connectivity index is 1.61. The second kappa shape index (κ2) is 3.46. The van der Waals surface area contributed by atoms with Gasteiger partial charge < -0.3 is 10.0 Å². The van der Waals surface area contributed by atoms with Gasteiger partial charge in [-0.05, 0) is 56.9 Å². The standard InChI is InChI=1S/C13H23NO/c1-14-5-4-13(15,9-14)8-12-7-10-2-3-11(12)6-10/h10-12,15H,2-9H2,1H3. The van der Waals surface area contributed by atoms with Crippen LogP contribution in [0.15, 0.2) is 0 Å². The number of nitrogens with zero attached hydrogens (tertiary/aromatic N) is 1. The summed E-state index contributed by atoms with van der Waals surface area (Å²) in [5.74, 6) is 2.83. The largest absolute Gasteiger partial charge is 0.388 e. The first-order valence-corrected chi connectivity index (χ1v) is 6.56. The van der Waals surface area contributed by atoms with Gasteiger partial charge >= 0.3 is 0 Å². The minimum atomic E-state index is -0.343. The van der Waals surface area contributed by atoms with Crippen LogP contribution >= 0.6 is 0 Å². The third-order valence-corrected chi connectivity index (χ3v) is 5.05. The summed E-state index contributed by atoms with van der Waals surface area (Å²) >= 11 is 0. The SMILES string of the molecule is CN1CCC(O)(CC2CC3CCC2C3)C1. The predicted octanol–water partition coefficient (Wildman–Crippen LogP) is 1.88. The fourth-order valence-electron chi connectivity index (χ4n) is 4.34. The van der Waals surface area contributed by atoms with Crippen molar-refractivity contribution < 1.29 is 5.11 Å². The molecule has 1 aliphatic heterocycles. The van der Waals surface area contributed by atoms with Gasteiger partial charge in [-0.3, -0.25) is 0 Å². The number of β-amino-alcohol motifs (C(OH)–C–C–N with tert-alkyl or cyclic N) is 1. The highest BCUT2D eigenvalue weighted by atomic mass is 16.3. The number of rotatable bonds is 2. The van der Waals surface area contributed by atoms with Crippen LogP contribution in [0.5, 0.6) is 0 Å².